The number of hydrogen-bond acceptors (Lipinski definition) is 4. The molecule has 1 saturated heterocycles. The minimum atomic E-state index is -0.281. The van der Waals surface area contributed by atoms with E-state index in [2.05, 4.69) is 10.9 Å². The van der Waals surface area contributed by atoms with Gasteiger partial charge < -0.3 is 5.73 Å². The minimum absolute atomic E-state index is 0.170. The van der Waals surface area contributed by atoms with Crippen molar-refractivity contribution in [2.24, 2.45) is 5.73 Å². The average Bonchev–Trinajstić information content (AvgIpc) is 2.48. The van der Waals surface area contributed by atoms with Crippen LogP contribution in [0.1, 0.15) is 13.3 Å². The third kappa shape index (κ3) is 3.71. The lowest BCUT2D eigenvalue weighted by Crippen LogP contribution is -2.45. The van der Waals surface area contributed by atoms with Crippen LogP contribution in [0.2, 0.25) is 0 Å². The smallest absolute Gasteiger partial charge is 0.252 e. The highest BCUT2D eigenvalue weighted by Gasteiger charge is 2.20. The molecule has 0 aromatic carbocycles. The number of likely N-dealkylation sites (tertiary alicyclic amines) is 1. The molecule has 1 atom stereocenters. The molecule has 1 heterocycles. The molecule has 0 radical (unpaired) electrons. The van der Waals surface area contributed by atoms with Crippen molar-refractivity contribution in [2.45, 2.75) is 19.4 Å². The Morgan fingerprint density at radius 1 is 1.50 bits per heavy atom. The summed E-state index contributed by atoms with van der Waals surface area (Å²) < 4.78 is 0. The van der Waals surface area contributed by atoms with Gasteiger partial charge in [0.15, 0.2) is 0 Å². The summed E-state index contributed by atoms with van der Waals surface area (Å²) >= 11 is 0. The molecule has 6 nitrogen and oxygen atoms in total. The van der Waals surface area contributed by atoms with Crippen molar-refractivity contribution in [3.8, 4) is 0 Å². The Morgan fingerprint density at radius 2 is 2.21 bits per heavy atom. The van der Waals surface area contributed by atoms with Crippen molar-refractivity contribution in [3.63, 3.8) is 0 Å². The van der Waals surface area contributed by atoms with Crippen molar-refractivity contribution < 1.29 is 9.59 Å². The van der Waals surface area contributed by atoms with Crippen molar-refractivity contribution in [2.75, 3.05) is 19.6 Å². The van der Waals surface area contributed by atoms with E-state index < -0.39 is 0 Å². The van der Waals surface area contributed by atoms with Gasteiger partial charge in [-0.05, 0) is 6.42 Å². The summed E-state index contributed by atoms with van der Waals surface area (Å²) in [5.41, 5.74) is 10.2. The normalized spacial score (nSPS) is 22.0. The highest BCUT2D eigenvalue weighted by molar-refractivity contribution is 5.81. The molecular formula is C8H16N4O2. The van der Waals surface area contributed by atoms with E-state index in [1.165, 1.54) is 6.92 Å². The molecule has 1 aliphatic rings. The van der Waals surface area contributed by atoms with E-state index in [9.17, 15) is 9.59 Å². The van der Waals surface area contributed by atoms with Gasteiger partial charge >= 0.3 is 0 Å². The monoisotopic (exact) mass is 200 g/mol. The third-order valence-corrected chi connectivity index (χ3v) is 2.05. The van der Waals surface area contributed by atoms with Crippen LogP contribution in [0.25, 0.3) is 0 Å². The summed E-state index contributed by atoms with van der Waals surface area (Å²) in [5, 5.41) is 0. The van der Waals surface area contributed by atoms with Gasteiger partial charge in [0.2, 0.25) is 5.91 Å². The minimum Gasteiger partial charge on any atom is -0.326 e. The number of hydrogen-bond donors (Lipinski definition) is 3. The van der Waals surface area contributed by atoms with Gasteiger partial charge in [0.1, 0.15) is 0 Å². The van der Waals surface area contributed by atoms with E-state index in [-0.39, 0.29) is 24.4 Å². The highest BCUT2D eigenvalue weighted by Crippen LogP contribution is 2.05. The first kappa shape index (κ1) is 10.9. The average molecular weight is 200 g/mol. The standard InChI is InChI=1S/C8H16N4O2/c1-6(13)10-11-8(14)5-12-3-2-7(9)4-12/h7H,2-5,9H2,1H3,(H,10,13)(H,11,14)/t7-/m1/s1. The number of carbonyl (C=O) groups excluding carboxylic acids is 2. The van der Waals surface area contributed by atoms with Crippen LogP contribution < -0.4 is 16.6 Å². The van der Waals surface area contributed by atoms with Crippen LogP contribution in [0.3, 0.4) is 0 Å². The highest BCUT2D eigenvalue weighted by atomic mass is 16.2. The number of carbonyl (C=O) groups is 2. The third-order valence-electron chi connectivity index (χ3n) is 2.05. The van der Waals surface area contributed by atoms with E-state index in [0.717, 1.165) is 19.5 Å². The first-order valence-electron chi connectivity index (χ1n) is 4.61. The van der Waals surface area contributed by atoms with Gasteiger partial charge in [0, 0.05) is 26.1 Å². The van der Waals surface area contributed by atoms with Crippen molar-refractivity contribution >= 4 is 11.8 Å². The Balaban J connectivity index is 2.17. The zero-order valence-electron chi connectivity index (χ0n) is 8.25. The summed E-state index contributed by atoms with van der Waals surface area (Å²) in [4.78, 5) is 23.6. The van der Waals surface area contributed by atoms with Gasteiger partial charge in [0.25, 0.3) is 5.91 Å². The summed E-state index contributed by atoms with van der Waals surface area (Å²) in [5.74, 6) is -0.495. The van der Waals surface area contributed by atoms with Gasteiger partial charge in [-0.2, -0.15) is 0 Å². The topological polar surface area (TPSA) is 87.5 Å². The summed E-state index contributed by atoms with van der Waals surface area (Å²) in [6, 6.07) is 0.170. The van der Waals surface area contributed by atoms with Crippen LogP contribution in [-0.2, 0) is 9.59 Å². The molecule has 1 fully saturated rings. The number of hydrazine groups is 1. The lowest BCUT2D eigenvalue weighted by molar-refractivity contribution is -0.128. The quantitative estimate of drug-likeness (QED) is 0.458. The zero-order valence-corrected chi connectivity index (χ0v) is 8.25. The molecule has 4 N–H and O–H groups in total. The molecule has 14 heavy (non-hydrogen) atoms. The van der Waals surface area contributed by atoms with Crippen LogP contribution in [0.4, 0.5) is 0 Å². The maximum Gasteiger partial charge on any atom is 0.252 e. The molecule has 1 aliphatic heterocycles. The van der Waals surface area contributed by atoms with Gasteiger partial charge in [-0.1, -0.05) is 0 Å². The Labute approximate surface area is 82.8 Å². The second kappa shape index (κ2) is 4.92. The van der Waals surface area contributed by atoms with Crippen LogP contribution >= 0.6 is 0 Å². The van der Waals surface area contributed by atoms with Crippen molar-refractivity contribution in [3.05, 3.63) is 0 Å². The molecule has 80 valence electrons. The number of nitrogens with two attached hydrogens (primary N) is 1. The van der Waals surface area contributed by atoms with Gasteiger partial charge in [-0.15, -0.1) is 0 Å². The molecule has 0 bridgehead atoms. The fourth-order valence-electron chi connectivity index (χ4n) is 1.41. The predicted octanol–water partition coefficient (Wildman–Crippen LogP) is -1.81. The summed E-state index contributed by atoms with van der Waals surface area (Å²) in [6.45, 7) is 3.21. The largest absolute Gasteiger partial charge is 0.326 e. The molecule has 1 rings (SSSR count). The number of rotatable bonds is 2. The van der Waals surface area contributed by atoms with Crippen LogP contribution in [0, 0.1) is 0 Å². The molecule has 0 spiro atoms. The Hall–Kier alpha value is -1.14. The molecule has 0 unspecified atom stereocenters. The molecule has 0 aromatic heterocycles. The maximum absolute atomic E-state index is 11.2. The van der Waals surface area contributed by atoms with E-state index in [1.807, 2.05) is 4.90 Å². The fourth-order valence-corrected chi connectivity index (χ4v) is 1.41. The molecule has 0 saturated carbocycles. The first-order valence-corrected chi connectivity index (χ1v) is 4.61. The second-order valence-electron chi connectivity index (χ2n) is 3.51. The summed E-state index contributed by atoms with van der Waals surface area (Å²) in [7, 11) is 0. The molecule has 6 heteroatoms. The van der Waals surface area contributed by atoms with Crippen LogP contribution in [-0.4, -0.2) is 42.4 Å². The maximum atomic E-state index is 11.2. The van der Waals surface area contributed by atoms with Gasteiger partial charge in [-0.25, -0.2) is 0 Å². The fraction of sp³-hybridized carbons (Fsp3) is 0.750. The van der Waals surface area contributed by atoms with E-state index in [4.69, 9.17) is 5.73 Å². The molecular weight excluding hydrogens is 184 g/mol. The number of nitrogens with zero attached hydrogens (tertiary/aromatic N) is 1. The van der Waals surface area contributed by atoms with Crippen LogP contribution in [0.5, 0.6) is 0 Å². The summed E-state index contributed by atoms with van der Waals surface area (Å²) in [6.07, 6.45) is 0.924. The molecule has 0 aliphatic carbocycles. The lowest BCUT2D eigenvalue weighted by atomic mass is 10.3. The Morgan fingerprint density at radius 3 is 2.71 bits per heavy atom. The molecule has 2 amide bonds. The van der Waals surface area contributed by atoms with E-state index in [0.29, 0.717) is 0 Å². The van der Waals surface area contributed by atoms with Crippen molar-refractivity contribution in [1.82, 2.24) is 15.8 Å². The zero-order chi connectivity index (χ0) is 10.6. The van der Waals surface area contributed by atoms with Crippen LogP contribution in [0.15, 0.2) is 0 Å². The number of nitrogens with one attached hydrogen (secondary N) is 2. The van der Waals surface area contributed by atoms with Gasteiger partial charge in [-0.3, -0.25) is 25.3 Å². The predicted molar refractivity (Wildman–Crippen MR) is 51.0 cm³/mol. The Kier molecular flexibility index (Phi) is 3.84. The Bertz CT molecular complexity index is 231. The van der Waals surface area contributed by atoms with Crippen molar-refractivity contribution in [1.29, 1.82) is 0 Å². The lowest BCUT2D eigenvalue weighted by Gasteiger charge is -2.14. The first-order chi connectivity index (χ1) is 6.58. The van der Waals surface area contributed by atoms with Gasteiger partial charge in [0.05, 0.1) is 6.54 Å². The van der Waals surface area contributed by atoms with E-state index in [1.54, 1.807) is 0 Å². The SMILES string of the molecule is CC(=O)NNC(=O)CN1CC[C@@H](N)C1. The molecule has 0 aromatic rings. The second-order valence-corrected chi connectivity index (χ2v) is 3.51. The number of amides is 2. The van der Waals surface area contributed by atoms with E-state index >= 15 is 0 Å².